The van der Waals surface area contributed by atoms with Crippen LogP contribution < -0.4 is 0 Å². The monoisotopic (exact) mass is 220 g/mol. The molecule has 2 heteroatoms. The van der Waals surface area contributed by atoms with Crippen LogP contribution in [0.25, 0.3) is 0 Å². The highest BCUT2D eigenvalue weighted by atomic mass is 16.5. The van der Waals surface area contributed by atoms with Gasteiger partial charge in [0.25, 0.3) is 0 Å². The fourth-order valence-corrected chi connectivity index (χ4v) is 5.51. The molecule has 0 aromatic carbocycles. The topological polar surface area (TPSA) is 26.3 Å². The van der Waals surface area contributed by atoms with Gasteiger partial charge in [-0.25, -0.2) is 0 Å². The Hall–Kier alpha value is -0.370. The predicted octanol–water partition coefficient (Wildman–Crippen LogP) is 2.42. The van der Waals surface area contributed by atoms with E-state index in [1.165, 1.54) is 12.8 Å². The number of hydrogen-bond donors (Lipinski definition) is 0. The molecule has 1 aliphatic heterocycles. The van der Waals surface area contributed by atoms with Crippen molar-refractivity contribution in [1.82, 2.24) is 0 Å². The molecule has 16 heavy (non-hydrogen) atoms. The van der Waals surface area contributed by atoms with E-state index < -0.39 is 0 Å². The molecule has 2 nitrogen and oxygen atoms in total. The van der Waals surface area contributed by atoms with Gasteiger partial charge in [-0.15, -0.1) is 0 Å². The molecule has 88 valence electrons. The Labute approximate surface area is 96.7 Å². The molecule has 3 aliphatic carbocycles. The third-order valence-electron chi connectivity index (χ3n) is 6.16. The molecule has 0 bridgehead atoms. The molecule has 0 aromatic heterocycles. The Morgan fingerprint density at radius 2 is 2.12 bits per heavy atom. The van der Waals surface area contributed by atoms with E-state index in [0.29, 0.717) is 11.7 Å². The van der Waals surface area contributed by atoms with Gasteiger partial charge in [-0.05, 0) is 42.4 Å². The van der Waals surface area contributed by atoms with Crippen LogP contribution in [0.1, 0.15) is 39.5 Å². The molecule has 1 saturated heterocycles. The Balaban J connectivity index is 1.85. The van der Waals surface area contributed by atoms with Gasteiger partial charge in [0.2, 0.25) is 0 Å². The molecule has 0 N–H and O–H groups in total. The fourth-order valence-electron chi connectivity index (χ4n) is 5.51. The van der Waals surface area contributed by atoms with Crippen molar-refractivity contribution >= 4 is 5.78 Å². The van der Waals surface area contributed by atoms with Crippen LogP contribution in [-0.4, -0.2) is 18.0 Å². The lowest BCUT2D eigenvalue weighted by Gasteiger charge is -2.64. The molecular weight excluding hydrogens is 200 g/mol. The molecule has 1 heterocycles. The van der Waals surface area contributed by atoms with Gasteiger partial charge in [-0.3, -0.25) is 4.79 Å². The maximum Gasteiger partial charge on any atom is 0.139 e. The number of ketones is 1. The zero-order valence-corrected chi connectivity index (χ0v) is 10.2. The third-order valence-corrected chi connectivity index (χ3v) is 6.16. The lowest BCUT2D eigenvalue weighted by molar-refractivity contribution is -0.244. The van der Waals surface area contributed by atoms with Crippen molar-refractivity contribution in [2.75, 3.05) is 6.61 Å². The van der Waals surface area contributed by atoms with E-state index in [9.17, 15) is 4.79 Å². The normalized spacial score (nSPS) is 56.8. The number of carbonyl (C=O) groups excluding carboxylic acids is 1. The number of fused-ring (bicyclic) bond motifs is 1. The van der Waals surface area contributed by atoms with Crippen molar-refractivity contribution in [3.63, 3.8) is 0 Å². The van der Waals surface area contributed by atoms with Gasteiger partial charge in [-0.2, -0.15) is 0 Å². The van der Waals surface area contributed by atoms with E-state index in [0.717, 1.165) is 31.3 Å². The van der Waals surface area contributed by atoms with Gasteiger partial charge in [0.05, 0.1) is 18.1 Å². The molecule has 0 amide bonds. The first-order chi connectivity index (χ1) is 7.58. The van der Waals surface area contributed by atoms with Crippen LogP contribution in [0.3, 0.4) is 0 Å². The number of Topliss-reactive ketones (excluding diaryl/α,β-unsaturated/α-hetero) is 1. The molecule has 4 aliphatic rings. The molecule has 0 unspecified atom stereocenters. The second kappa shape index (κ2) is 2.55. The quantitative estimate of drug-likeness (QED) is 0.626. The lowest BCUT2D eigenvalue weighted by Crippen LogP contribution is -2.71. The molecule has 0 radical (unpaired) electrons. The Morgan fingerprint density at radius 3 is 2.94 bits per heavy atom. The van der Waals surface area contributed by atoms with Crippen molar-refractivity contribution in [1.29, 1.82) is 0 Å². The van der Waals surface area contributed by atoms with Gasteiger partial charge in [0, 0.05) is 6.42 Å². The summed E-state index contributed by atoms with van der Waals surface area (Å²) in [6.07, 6.45) is 4.40. The second-order valence-electron chi connectivity index (χ2n) is 6.96. The largest absolute Gasteiger partial charge is 0.373 e. The fraction of sp³-hybridized carbons (Fsp3) is 0.929. The van der Waals surface area contributed by atoms with Crippen molar-refractivity contribution in [2.24, 2.45) is 29.1 Å². The molecule has 3 saturated carbocycles. The van der Waals surface area contributed by atoms with Crippen molar-refractivity contribution in [2.45, 2.75) is 45.1 Å². The number of ether oxygens (including phenoxy) is 1. The zero-order chi connectivity index (χ0) is 11.1. The summed E-state index contributed by atoms with van der Waals surface area (Å²) in [5.74, 6) is 2.93. The number of rotatable bonds is 0. The van der Waals surface area contributed by atoms with Crippen LogP contribution in [0.15, 0.2) is 0 Å². The maximum atomic E-state index is 12.2. The summed E-state index contributed by atoms with van der Waals surface area (Å²) < 4.78 is 6.24. The smallest absolute Gasteiger partial charge is 0.139 e. The summed E-state index contributed by atoms with van der Waals surface area (Å²) in [5, 5.41) is 0. The highest BCUT2D eigenvalue weighted by Gasteiger charge is 2.77. The molecule has 4 fully saturated rings. The predicted molar refractivity (Wildman–Crippen MR) is 59.9 cm³/mol. The highest BCUT2D eigenvalue weighted by molar-refractivity contribution is 5.85. The maximum absolute atomic E-state index is 12.2. The van der Waals surface area contributed by atoms with Crippen molar-refractivity contribution in [3.8, 4) is 0 Å². The van der Waals surface area contributed by atoms with Gasteiger partial charge < -0.3 is 4.74 Å². The summed E-state index contributed by atoms with van der Waals surface area (Å²) in [5.41, 5.74) is 0.167. The van der Waals surface area contributed by atoms with E-state index in [4.69, 9.17) is 4.74 Å². The SMILES string of the molecule is CC1(C)CCC(=O)[C@H]2[C@@H]3CC[C@@H]4CO[C@@]21[C@@H]43. The van der Waals surface area contributed by atoms with E-state index in [1.54, 1.807) is 0 Å². The zero-order valence-electron chi connectivity index (χ0n) is 10.2. The minimum Gasteiger partial charge on any atom is -0.373 e. The Bertz CT molecular complexity index is 373. The average molecular weight is 220 g/mol. The summed E-state index contributed by atoms with van der Waals surface area (Å²) in [7, 11) is 0. The van der Waals surface area contributed by atoms with Gasteiger partial charge >= 0.3 is 0 Å². The summed E-state index contributed by atoms with van der Waals surface area (Å²) in [4.78, 5) is 12.2. The molecule has 1 spiro atoms. The first-order valence-electron chi connectivity index (χ1n) is 6.74. The standard InChI is InChI=1S/C14H20O2/c1-13(2)6-5-10(15)12-9-4-3-8-7-16-14(12,13)11(8)9/h8-9,11-12H,3-7H2,1-2H3/t8-,9-,11+,12-,14+/m1/s1. The van der Waals surface area contributed by atoms with Crippen LogP contribution in [0.4, 0.5) is 0 Å². The summed E-state index contributed by atoms with van der Waals surface area (Å²) >= 11 is 0. The van der Waals surface area contributed by atoms with Crippen LogP contribution >= 0.6 is 0 Å². The highest BCUT2D eigenvalue weighted by Crippen LogP contribution is 2.73. The average Bonchev–Trinajstić information content (AvgIpc) is 2.65. The van der Waals surface area contributed by atoms with E-state index in [1.807, 2.05) is 0 Å². The molecular formula is C14H20O2. The lowest BCUT2D eigenvalue weighted by atomic mass is 9.42. The molecule has 0 aromatic rings. The van der Waals surface area contributed by atoms with Crippen LogP contribution in [-0.2, 0) is 9.53 Å². The van der Waals surface area contributed by atoms with E-state index in [2.05, 4.69) is 13.8 Å². The van der Waals surface area contributed by atoms with Gasteiger partial charge in [-0.1, -0.05) is 13.8 Å². The Kier molecular flexibility index (Phi) is 1.54. The van der Waals surface area contributed by atoms with Crippen molar-refractivity contribution < 1.29 is 9.53 Å². The molecule has 5 atom stereocenters. The summed E-state index contributed by atoms with van der Waals surface area (Å²) in [6, 6.07) is 0. The van der Waals surface area contributed by atoms with Crippen LogP contribution in [0.2, 0.25) is 0 Å². The molecule has 4 rings (SSSR count). The Morgan fingerprint density at radius 1 is 1.31 bits per heavy atom. The first kappa shape index (κ1) is 9.64. The number of hydrogen-bond acceptors (Lipinski definition) is 2. The minimum absolute atomic E-state index is 0.0475. The third kappa shape index (κ3) is 0.756. The van der Waals surface area contributed by atoms with Crippen LogP contribution in [0, 0.1) is 29.1 Å². The van der Waals surface area contributed by atoms with E-state index >= 15 is 0 Å². The minimum atomic E-state index is -0.0475. The van der Waals surface area contributed by atoms with Crippen molar-refractivity contribution in [3.05, 3.63) is 0 Å². The van der Waals surface area contributed by atoms with E-state index in [-0.39, 0.29) is 16.9 Å². The second-order valence-corrected chi connectivity index (χ2v) is 6.96. The summed E-state index contributed by atoms with van der Waals surface area (Å²) in [6.45, 7) is 5.57. The van der Waals surface area contributed by atoms with Gasteiger partial charge in [0.15, 0.2) is 0 Å². The first-order valence-corrected chi connectivity index (χ1v) is 6.74. The van der Waals surface area contributed by atoms with Crippen LogP contribution in [0.5, 0.6) is 0 Å². The number of carbonyl (C=O) groups is 1. The van der Waals surface area contributed by atoms with Gasteiger partial charge in [0.1, 0.15) is 5.78 Å².